The number of rotatable bonds is 8. The van der Waals surface area contributed by atoms with Crippen molar-refractivity contribution in [3.05, 3.63) is 96.1 Å². The van der Waals surface area contributed by atoms with Gasteiger partial charge in [0.25, 0.3) is 5.91 Å². The number of carbonyl (C=O) groups is 1. The van der Waals surface area contributed by atoms with Gasteiger partial charge in [0, 0.05) is 35.8 Å². The number of hydrogen-bond donors (Lipinski definition) is 2. The summed E-state index contributed by atoms with van der Waals surface area (Å²) in [6, 6.07) is 21.2. The summed E-state index contributed by atoms with van der Waals surface area (Å²) < 4.78 is 7.34. The van der Waals surface area contributed by atoms with E-state index in [0.29, 0.717) is 30.9 Å². The van der Waals surface area contributed by atoms with E-state index in [0.717, 1.165) is 27.9 Å². The van der Waals surface area contributed by atoms with Crippen LogP contribution in [0, 0.1) is 0 Å². The molecule has 2 aromatic heterocycles. The van der Waals surface area contributed by atoms with Crippen LogP contribution in [-0.2, 0) is 17.9 Å². The fourth-order valence-corrected chi connectivity index (χ4v) is 4.19. The second kappa shape index (κ2) is 9.51. The van der Waals surface area contributed by atoms with E-state index in [9.17, 15) is 9.90 Å². The topological polar surface area (TPSA) is 83.0 Å². The maximum absolute atomic E-state index is 13.1. The van der Waals surface area contributed by atoms with Gasteiger partial charge >= 0.3 is 0 Å². The predicted octanol–water partition coefficient (Wildman–Crippen LogP) is 4.19. The Bertz CT molecular complexity index is 1350. The van der Waals surface area contributed by atoms with E-state index >= 15 is 0 Å². The van der Waals surface area contributed by atoms with Crippen molar-refractivity contribution in [2.24, 2.45) is 5.10 Å². The van der Waals surface area contributed by atoms with Crippen LogP contribution in [-0.4, -0.2) is 33.9 Å². The maximum atomic E-state index is 13.1. The second-order valence-corrected chi connectivity index (χ2v) is 8.31. The summed E-state index contributed by atoms with van der Waals surface area (Å²) >= 11 is 0. The normalized spacial score (nSPS) is 15.9. The van der Waals surface area contributed by atoms with Crippen molar-refractivity contribution < 1.29 is 14.3 Å². The molecule has 0 bridgehead atoms. The molecule has 0 spiro atoms. The minimum atomic E-state index is -0.587. The van der Waals surface area contributed by atoms with E-state index in [-0.39, 0.29) is 5.91 Å². The summed E-state index contributed by atoms with van der Waals surface area (Å²) in [6.45, 7) is 3.26. The van der Waals surface area contributed by atoms with Crippen LogP contribution in [0.3, 0.4) is 0 Å². The molecule has 1 aliphatic rings. The third-order valence-electron chi connectivity index (χ3n) is 5.85. The zero-order valence-electron chi connectivity index (χ0n) is 18.9. The molecular formula is C27H26N4O3. The highest BCUT2D eigenvalue weighted by molar-refractivity contribution is 6.32. The molecule has 0 saturated carbocycles. The number of nitrogens with one attached hydrogen (secondary N) is 1. The first-order valence-corrected chi connectivity index (χ1v) is 11.3. The van der Waals surface area contributed by atoms with Gasteiger partial charge in [-0.2, -0.15) is 10.1 Å². The molecule has 0 aliphatic carbocycles. The van der Waals surface area contributed by atoms with Gasteiger partial charge in [-0.3, -0.25) is 4.79 Å². The predicted molar refractivity (Wildman–Crippen MR) is 133 cm³/mol. The number of para-hydroxylation sites is 2. The van der Waals surface area contributed by atoms with Crippen LogP contribution < -0.4 is 10.3 Å². The van der Waals surface area contributed by atoms with Crippen LogP contribution in [0.25, 0.3) is 17.0 Å². The van der Waals surface area contributed by atoms with E-state index < -0.39 is 6.10 Å². The third-order valence-corrected chi connectivity index (χ3v) is 5.85. The number of benzene rings is 2. The van der Waals surface area contributed by atoms with E-state index in [1.165, 1.54) is 5.01 Å². The first kappa shape index (κ1) is 21.9. The van der Waals surface area contributed by atoms with Crippen molar-refractivity contribution >= 4 is 34.3 Å². The number of hydrogen-bond acceptors (Lipinski definition) is 5. The Morgan fingerprint density at radius 2 is 1.88 bits per heavy atom. The number of furan rings is 1. The van der Waals surface area contributed by atoms with Crippen molar-refractivity contribution in [1.29, 1.82) is 0 Å². The number of fused-ring (bicyclic) bond motifs is 1. The lowest BCUT2D eigenvalue weighted by Gasteiger charge is -2.13. The Kier molecular flexibility index (Phi) is 6.12. The lowest BCUT2D eigenvalue weighted by molar-refractivity contribution is -0.114. The van der Waals surface area contributed by atoms with Crippen molar-refractivity contribution in [3.63, 3.8) is 0 Å². The quantitative estimate of drug-likeness (QED) is 0.391. The van der Waals surface area contributed by atoms with Crippen molar-refractivity contribution in [2.45, 2.75) is 26.1 Å². The average Bonchev–Trinajstić information content (AvgIpc) is 3.56. The smallest absolute Gasteiger partial charge is 0.280 e. The Labute approximate surface area is 197 Å². The molecule has 1 aliphatic heterocycles. The molecule has 0 radical (unpaired) electrons. The summed E-state index contributed by atoms with van der Waals surface area (Å²) in [5.74, 6) is 0.679. The number of hydrazone groups is 1. The number of carbonyl (C=O) groups excluding carboxylic acids is 1. The highest BCUT2D eigenvalue weighted by Crippen LogP contribution is 2.28. The highest BCUT2D eigenvalue weighted by atomic mass is 16.3. The molecule has 0 fully saturated rings. The fourth-order valence-electron chi connectivity index (χ4n) is 4.19. The zero-order valence-corrected chi connectivity index (χ0v) is 18.9. The first-order chi connectivity index (χ1) is 16.6. The molecular weight excluding hydrogens is 428 g/mol. The van der Waals surface area contributed by atoms with E-state index in [4.69, 9.17) is 4.42 Å². The molecule has 7 heteroatoms. The minimum Gasteiger partial charge on any atom is -0.468 e. The van der Waals surface area contributed by atoms with Gasteiger partial charge in [0.05, 0.1) is 35.9 Å². The van der Waals surface area contributed by atoms with Gasteiger partial charge in [-0.05, 0) is 43.3 Å². The van der Waals surface area contributed by atoms with Gasteiger partial charge in [0.1, 0.15) is 5.76 Å². The van der Waals surface area contributed by atoms with Gasteiger partial charge in [-0.25, -0.2) is 0 Å². The highest BCUT2D eigenvalue weighted by Gasteiger charge is 2.29. The number of nitrogens with zero attached hydrogens (tertiary/aromatic N) is 3. The molecule has 3 heterocycles. The largest absolute Gasteiger partial charge is 0.468 e. The van der Waals surface area contributed by atoms with Crippen LogP contribution in [0.4, 0.5) is 5.69 Å². The number of aliphatic hydroxyl groups excluding tert-OH is 1. The van der Waals surface area contributed by atoms with Crippen LogP contribution in [0.1, 0.15) is 18.2 Å². The Hall–Kier alpha value is -3.94. The number of aromatic nitrogens is 1. The third kappa shape index (κ3) is 4.44. The standard InChI is InChI=1S/C27H26N4O3/c1-19-25(27(33)31(29-19)21-8-3-2-4-9-21)14-20-17-30(26-12-6-5-11-24(20)26)18-22(32)15-28-16-23-10-7-13-34-23/h2-14,17,22,28,32H,15-16,18H2,1H3. The second-order valence-electron chi connectivity index (χ2n) is 8.31. The van der Waals surface area contributed by atoms with Crippen LogP contribution in [0.2, 0.25) is 0 Å². The molecule has 1 unspecified atom stereocenters. The van der Waals surface area contributed by atoms with Gasteiger partial charge in [0.15, 0.2) is 0 Å². The minimum absolute atomic E-state index is 0.150. The van der Waals surface area contributed by atoms with Gasteiger partial charge in [-0.15, -0.1) is 0 Å². The maximum Gasteiger partial charge on any atom is 0.280 e. The van der Waals surface area contributed by atoms with Crippen LogP contribution in [0.5, 0.6) is 0 Å². The molecule has 34 heavy (non-hydrogen) atoms. The van der Waals surface area contributed by atoms with Gasteiger partial charge in [0.2, 0.25) is 0 Å². The summed E-state index contributed by atoms with van der Waals surface area (Å²) in [4.78, 5) is 13.1. The van der Waals surface area contributed by atoms with Crippen molar-refractivity contribution in [3.8, 4) is 0 Å². The zero-order chi connectivity index (χ0) is 23.5. The van der Waals surface area contributed by atoms with E-state index in [1.54, 1.807) is 6.26 Å². The summed E-state index contributed by atoms with van der Waals surface area (Å²) in [5, 5.41) is 20.8. The molecule has 0 saturated heterocycles. The lowest BCUT2D eigenvalue weighted by atomic mass is 10.1. The van der Waals surface area contributed by atoms with E-state index in [2.05, 4.69) is 10.4 Å². The van der Waals surface area contributed by atoms with Crippen LogP contribution >= 0.6 is 0 Å². The Balaban J connectivity index is 1.37. The van der Waals surface area contributed by atoms with Gasteiger partial charge in [-0.1, -0.05) is 36.4 Å². The fraction of sp³-hybridized carbons (Fsp3) is 0.185. The van der Waals surface area contributed by atoms with Crippen LogP contribution in [0.15, 0.2) is 94.3 Å². The molecule has 172 valence electrons. The number of anilines is 1. The SMILES string of the molecule is CC1=NN(c2ccccc2)C(=O)C1=Cc1cn(CC(O)CNCc2ccco2)c2ccccc12. The van der Waals surface area contributed by atoms with Crippen molar-refractivity contribution in [2.75, 3.05) is 11.6 Å². The summed E-state index contributed by atoms with van der Waals surface area (Å²) in [7, 11) is 0. The first-order valence-electron chi connectivity index (χ1n) is 11.3. The summed E-state index contributed by atoms with van der Waals surface area (Å²) in [6.07, 6.45) is 4.93. The Morgan fingerprint density at radius 1 is 1.09 bits per heavy atom. The monoisotopic (exact) mass is 454 g/mol. The molecule has 2 aromatic carbocycles. The van der Waals surface area contributed by atoms with E-state index in [1.807, 2.05) is 90.5 Å². The summed E-state index contributed by atoms with van der Waals surface area (Å²) in [5.41, 5.74) is 3.89. The molecule has 1 amide bonds. The molecule has 4 aromatic rings. The molecule has 1 atom stereocenters. The number of amides is 1. The Morgan fingerprint density at radius 3 is 2.68 bits per heavy atom. The average molecular weight is 455 g/mol. The molecule has 5 rings (SSSR count). The number of aliphatic hydroxyl groups is 1. The van der Waals surface area contributed by atoms with Gasteiger partial charge < -0.3 is 19.4 Å². The lowest BCUT2D eigenvalue weighted by Crippen LogP contribution is -2.29. The van der Waals surface area contributed by atoms with Crippen molar-refractivity contribution in [1.82, 2.24) is 9.88 Å². The molecule has 2 N–H and O–H groups in total. The molecule has 7 nitrogen and oxygen atoms in total.